The van der Waals surface area contributed by atoms with E-state index in [4.69, 9.17) is 4.52 Å². The molecule has 0 spiro atoms. The number of benzene rings is 3. The van der Waals surface area contributed by atoms with E-state index in [1.807, 2.05) is 42.5 Å². The maximum atomic E-state index is 12.9. The molecule has 6 nitrogen and oxygen atoms in total. The Morgan fingerprint density at radius 1 is 0.897 bits per heavy atom. The van der Waals surface area contributed by atoms with Crippen LogP contribution in [0.5, 0.6) is 0 Å². The number of rotatable bonds is 4. The van der Waals surface area contributed by atoms with Crippen molar-refractivity contribution in [1.29, 1.82) is 0 Å². The van der Waals surface area contributed by atoms with Crippen molar-refractivity contribution in [3.05, 3.63) is 78.7 Å². The van der Waals surface area contributed by atoms with Gasteiger partial charge in [0.2, 0.25) is 0 Å². The summed E-state index contributed by atoms with van der Waals surface area (Å²) >= 11 is 0. The second-order valence-electron chi connectivity index (χ2n) is 6.80. The van der Waals surface area contributed by atoms with E-state index in [1.165, 1.54) is 6.20 Å². The van der Waals surface area contributed by atoms with Gasteiger partial charge in [0.05, 0.1) is 17.4 Å². The van der Waals surface area contributed by atoms with Gasteiger partial charge in [-0.05, 0) is 19.1 Å². The van der Waals surface area contributed by atoms with Crippen LogP contribution in [0.2, 0.25) is 0 Å². The van der Waals surface area contributed by atoms with E-state index in [9.17, 15) is 8.42 Å². The lowest BCUT2D eigenvalue weighted by atomic mass is 10.0. The van der Waals surface area contributed by atoms with E-state index in [0.29, 0.717) is 5.69 Å². The zero-order chi connectivity index (χ0) is 20.0. The number of aromatic amines is 1. The van der Waals surface area contributed by atoms with Crippen molar-refractivity contribution in [1.82, 2.24) is 10.1 Å². The highest BCUT2D eigenvalue weighted by Gasteiger charge is 2.22. The third-order valence-electron chi connectivity index (χ3n) is 5.00. The zero-order valence-corrected chi connectivity index (χ0v) is 16.3. The van der Waals surface area contributed by atoms with Gasteiger partial charge in [-0.15, -0.1) is 0 Å². The van der Waals surface area contributed by atoms with Gasteiger partial charge in [0.25, 0.3) is 10.0 Å². The third kappa shape index (κ3) is 2.87. The van der Waals surface area contributed by atoms with Crippen LogP contribution in [0.3, 0.4) is 0 Å². The van der Waals surface area contributed by atoms with Gasteiger partial charge in [0.15, 0.2) is 5.76 Å². The normalized spacial score (nSPS) is 11.9. The fourth-order valence-electron chi connectivity index (χ4n) is 3.65. The number of hydrogen-bond acceptors (Lipinski definition) is 4. The number of hydrogen-bond donors (Lipinski definition) is 2. The van der Waals surface area contributed by atoms with Crippen molar-refractivity contribution in [2.45, 2.75) is 11.8 Å². The van der Waals surface area contributed by atoms with Gasteiger partial charge in [-0.25, -0.2) is 8.42 Å². The molecule has 0 atom stereocenters. The molecule has 7 heteroatoms. The minimum atomic E-state index is -3.83. The van der Waals surface area contributed by atoms with Crippen LogP contribution >= 0.6 is 0 Å². The van der Waals surface area contributed by atoms with Crippen LogP contribution in [-0.2, 0) is 10.0 Å². The van der Waals surface area contributed by atoms with Crippen molar-refractivity contribution in [3.63, 3.8) is 0 Å². The molecule has 3 aromatic carbocycles. The molecule has 0 amide bonds. The molecular formula is C22H17N3O3S. The van der Waals surface area contributed by atoms with Crippen molar-refractivity contribution < 1.29 is 12.9 Å². The summed E-state index contributed by atoms with van der Waals surface area (Å²) in [6.45, 7) is 1.57. The molecule has 0 aliphatic rings. The Kier molecular flexibility index (Phi) is 3.92. The van der Waals surface area contributed by atoms with Crippen molar-refractivity contribution >= 4 is 37.5 Å². The summed E-state index contributed by atoms with van der Waals surface area (Å²) in [6.07, 6.45) is 1.21. The van der Waals surface area contributed by atoms with Crippen LogP contribution in [0, 0.1) is 6.92 Å². The van der Waals surface area contributed by atoms with E-state index in [2.05, 4.69) is 27.0 Å². The number of aryl methyl sites for hydroxylation is 1. The number of fused-ring (bicyclic) bond motifs is 3. The van der Waals surface area contributed by atoms with Crippen molar-refractivity contribution in [2.24, 2.45) is 0 Å². The van der Waals surface area contributed by atoms with Gasteiger partial charge in [-0.1, -0.05) is 59.8 Å². The van der Waals surface area contributed by atoms with Crippen LogP contribution in [0.4, 0.5) is 5.69 Å². The Labute approximate surface area is 167 Å². The Balaban J connectivity index is 1.68. The average molecular weight is 403 g/mol. The van der Waals surface area contributed by atoms with Crippen LogP contribution in [-0.4, -0.2) is 18.6 Å². The maximum absolute atomic E-state index is 12.9. The van der Waals surface area contributed by atoms with Crippen molar-refractivity contribution in [3.8, 4) is 11.1 Å². The van der Waals surface area contributed by atoms with Gasteiger partial charge in [-0.2, -0.15) is 0 Å². The molecule has 0 saturated heterocycles. The van der Waals surface area contributed by atoms with E-state index in [1.54, 1.807) is 19.1 Å². The molecule has 144 valence electrons. The number of nitrogens with zero attached hydrogens (tertiary/aromatic N) is 1. The van der Waals surface area contributed by atoms with Crippen LogP contribution < -0.4 is 4.72 Å². The van der Waals surface area contributed by atoms with E-state index >= 15 is 0 Å². The molecule has 0 saturated carbocycles. The van der Waals surface area contributed by atoms with Crippen LogP contribution in [0.1, 0.15) is 5.76 Å². The summed E-state index contributed by atoms with van der Waals surface area (Å²) in [5, 5.41) is 5.79. The Hall–Kier alpha value is -3.58. The van der Waals surface area contributed by atoms with E-state index < -0.39 is 10.0 Å². The van der Waals surface area contributed by atoms with Gasteiger partial charge in [-0.3, -0.25) is 4.72 Å². The molecule has 0 aliphatic heterocycles. The molecule has 29 heavy (non-hydrogen) atoms. The molecule has 0 radical (unpaired) electrons. The first-order valence-corrected chi connectivity index (χ1v) is 10.6. The number of para-hydroxylation sites is 3. The van der Waals surface area contributed by atoms with Crippen LogP contribution in [0.15, 0.2) is 82.3 Å². The molecule has 5 rings (SSSR count). The predicted octanol–water partition coefficient (Wildman–Crippen LogP) is 5.09. The minimum Gasteiger partial charge on any atom is -0.360 e. The lowest BCUT2D eigenvalue weighted by molar-refractivity contribution is 0.394. The predicted molar refractivity (Wildman–Crippen MR) is 113 cm³/mol. The maximum Gasteiger partial charge on any atom is 0.267 e. The molecule has 2 aromatic heterocycles. The smallest absolute Gasteiger partial charge is 0.267 e. The summed E-state index contributed by atoms with van der Waals surface area (Å²) < 4.78 is 33.3. The fourth-order valence-corrected chi connectivity index (χ4v) is 4.83. The Bertz CT molecular complexity index is 1470. The van der Waals surface area contributed by atoms with Gasteiger partial charge >= 0.3 is 0 Å². The summed E-state index contributed by atoms with van der Waals surface area (Å²) in [6, 6.07) is 21.5. The first-order valence-electron chi connectivity index (χ1n) is 9.07. The number of sulfonamides is 1. The monoisotopic (exact) mass is 403 g/mol. The molecule has 0 bridgehead atoms. The number of anilines is 1. The largest absolute Gasteiger partial charge is 0.360 e. The zero-order valence-electron chi connectivity index (χ0n) is 15.5. The Morgan fingerprint density at radius 3 is 2.45 bits per heavy atom. The van der Waals surface area contributed by atoms with Crippen molar-refractivity contribution in [2.75, 3.05) is 4.72 Å². The summed E-state index contributed by atoms with van der Waals surface area (Å²) in [5.74, 6) is 0.243. The first kappa shape index (κ1) is 17.5. The highest BCUT2D eigenvalue weighted by molar-refractivity contribution is 7.92. The number of H-pyrrole nitrogens is 1. The summed E-state index contributed by atoms with van der Waals surface area (Å²) in [4.78, 5) is 3.49. The second-order valence-corrected chi connectivity index (χ2v) is 8.45. The summed E-state index contributed by atoms with van der Waals surface area (Å²) in [5.41, 5.74) is 4.18. The molecule has 2 heterocycles. The van der Waals surface area contributed by atoms with E-state index in [-0.39, 0.29) is 10.7 Å². The molecule has 2 N–H and O–H groups in total. The molecule has 0 aliphatic carbocycles. The lowest BCUT2D eigenvalue weighted by Gasteiger charge is -2.13. The Morgan fingerprint density at radius 2 is 1.62 bits per heavy atom. The SMILES string of the molecule is Cc1oncc1S(=O)(=O)Nc1ccccc1-c1cccc2c1[nH]c1ccccc12. The summed E-state index contributed by atoms with van der Waals surface area (Å²) in [7, 11) is -3.83. The fraction of sp³-hybridized carbons (Fsp3) is 0.0455. The highest BCUT2D eigenvalue weighted by atomic mass is 32.2. The second kappa shape index (κ2) is 6.49. The number of nitrogens with one attached hydrogen (secondary N) is 2. The van der Waals surface area contributed by atoms with Crippen LogP contribution in [0.25, 0.3) is 32.9 Å². The molecular weight excluding hydrogens is 386 g/mol. The first-order chi connectivity index (χ1) is 14.0. The minimum absolute atomic E-state index is 0.0242. The topological polar surface area (TPSA) is 88.0 Å². The molecule has 0 fully saturated rings. The third-order valence-corrected chi connectivity index (χ3v) is 6.46. The highest BCUT2D eigenvalue weighted by Crippen LogP contribution is 2.37. The van der Waals surface area contributed by atoms with E-state index in [0.717, 1.165) is 32.9 Å². The average Bonchev–Trinajstić information content (AvgIpc) is 3.32. The molecule has 0 unspecified atom stereocenters. The lowest BCUT2D eigenvalue weighted by Crippen LogP contribution is -2.13. The number of aromatic nitrogens is 2. The van der Waals surface area contributed by atoms with Gasteiger partial charge < -0.3 is 9.51 Å². The quantitative estimate of drug-likeness (QED) is 0.438. The van der Waals surface area contributed by atoms with Gasteiger partial charge in [0.1, 0.15) is 4.90 Å². The molecule has 5 aromatic rings. The van der Waals surface area contributed by atoms with Gasteiger partial charge in [0, 0.05) is 27.4 Å². The standard InChI is InChI=1S/C22H17N3O3S/c1-14-21(13-23-28-14)29(26,27)25-20-12-5-3-8-16(20)18-10-6-9-17-15-7-2-4-11-19(15)24-22(17)18/h2-13,24-25H,1H3.